The molecular weight excluding hydrogens is 270 g/mol. The first kappa shape index (κ1) is 15.4. The summed E-state index contributed by atoms with van der Waals surface area (Å²) in [6.07, 6.45) is 1.68. The number of carbonyl (C=O) groups excluding carboxylic acids is 1. The fraction of sp³-hybridized carbons (Fsp3) is 0.562. The van der Waals surface area contributed by atoms with Crippen LogP contribution in [-0.2, 0) is 10.5 Å². The Morgan fingerprint density at radius 2 is 2.10 bits per heavy atom. The number of hydrogen-bond acceptors (Lipinski definition) is 3. The average Bonchev–Trinajstić information content (AvgIpc) is 2.40. The molecule has 1 aromatic rings. The summed E-state index contributed by atoms with van der Waals surface area (Å²) in [5, 5.41) is 10.0. The molecule has 0 aliphatic carbocycles. The van der Waals surface area contributed by atoms with E-state index in [1.165, 1.54) is 11.1 Å². The molecule has 0 bridgehead atoms. The summed E-state index contributed by atoms with van der Waals surface area (Å²) in [6.45, 7) is 5.13. The van der Waals surface area contributed by atoms with Crippen LogP contribution in [0.4, 0.5) is 0 Å². The van der Waals surface area contributed by atoms with Gasteiger partial charge in [-0.05, 0) is 32.3 Å². The molecule has 20 heavy (non-hydrogen) atoms. The van der Waals surface area contributed by atoms with Gasteiger partial charge in [0.05, 0.1) is 11.4 Å². The van der Waals surface area contributed by atoms with E-state index >= 15 is 0 Å². The lowest BCUT2D eigenvalue weighted by Gasteiger charge is -2.36. The molecule has 2 rings (SSSR count). The van der Waals surface area contributed by atoms with Crippen molar-refractivity contribution < 1.29 is 9.90 Å². The Morgan fingerprint density at radius 3 is 2.75 bits per heavy atom. The molecule has 1 heterocycles. The highest BCUT2D eigenvalue weighted by Gasteiger charge is 2.30. The molecule has 1 aliphatic heterocycles. The lowest BCUT2D eigenvalue weighted by atomic mass is 9.95. The third-order valence-electron chi connectivity index (χ3n) is 3.64. The molecule has 1 fully saturated rings. The lowest BCUT2D eigenvalue weighted by molar-refractivity contribution is -0.134. The second-order valence-electron chi connectivity index (χ2n) is 5.89. The summed E-state index contributed by atoms with van der Waals surface area (Å²) in [5.41, 5.74) is 1.79. The van der Waals surface area contributed by atoms with Crippen molar-refractivity contribution in [1.82, 2.24) is 4.90 Å². The first-order chi connectivity index (χ1) is 9.46. The molecule has 1 unspecified atom stereocenters. The van der Waals surface area contributed by atoms with E-state index < -0.39 is 5.60 Å². The van der Waals surface area contributed by atoms with Gasteiger partial charge in [-0.2, -0.15) is 0 Å². The molecule has 0 spiro atoms. The van der Waals surface area contributed by atoms with Crippen LogP contribution in [0.1, 0.15) is 30.9 Å². The van der Waals surface area contributed by atoms with Crippen LogP contribution in [0, 0.1) is 6.92 Å². The number of hydrogen-bond donors (Lipinski definition) is 1. The quantitative estimate of drug-likeness (QED) is 0.927. The highest BCUT2D eigenvalue weighted by Crippen LogP contribution is 2.21. The highest BCUT2D eigenvalue weighted by atomic mass is 32.2. The Hall–Kier alpha value is -1.00. The summed E-state index contributed by atoms with van der Waals surface area (Å²) in [6, 6.07) is 8.41. The van der Waals surface area contributed by atoms with E-state index in [4.69, 9.17) is 0 Å². The zero-order valence-electron chi connectivity index (χ0n) is 12.3. The van der Waals surface area contributed by atoms with Crippen molar-refractivity contribution in [3.05, 3.63) is 35.4 Å². The SMILES string of the molecule is Cc1ccc(CSCC(=O)N2CCCC(C)(O)C2)cc1. The third-order valence-corrected chi connectivity index (χ3v) is 4.63. The molecule has 1 N–H and O–H groups in total. The summed E-state index contributed by atoms with van der Waals surface area (Å²) in [5.74, 6) is 1.49. The van der Waals surface area contributed by atoms with Crippen molar-refractivity contribution in [2.75, 3.05) is 18.8 Å². The second kappa shape index (κ2) is 6.64. The fourth-order valence-corrected chi connectivity index (χ4v) is 3.35. The van der Waals surface area contributed by atoms with Gasteiger partial charge < -0.3 is 10.0 Å². The van der Waals surface area contributed by atoms with Crippen molar-refractivity contribution in [3.8, 4) is 0 Å². The minimum absolute atomic E-state index is 0.141. The molecular formula is C16H23NO2S. The Balaban J connectivity index is 1.76. The number of piperidine rings is 1. The van der Waals surface area contributed by atoms with Crippen molar-refractivity contribution in [2.45, 2.75) is 38.0 Å². The molecule has 0 radical (unpaired) electrons. The molecule has 110 valence electrons. The van der Waals surface area contributed by atoms with Gasteiger partial charge in [0.2, 0.25) is 5.91 Å². The van der Waals surface area contributed by atoms with Crippen LogP contribution < -0.4 is 0 Å². The molecule has 1 aliphatic rings. The van der Waals surface area contributed by atoms with Gasteiger partial charge in [0.15, 0.2) is 0 Å². The number of aryl methyl sites for hydroxylation is 1. The largest absolute Gasteiger partial charge is 0.388 e. The lowest BCUT2D eigenvalue weighted by Crippen LogP contribution is -2.49. The van der Waals surface area contributed by atoms with Crippen molar-refractivity contribution in [2.24, 2.45) is 0 Å². The number of aliphatic hydroxyl groups is 1. The van der Waals surface area contributed by atoms with Gasteiger partial charge in [0.25, 0.3) is 0 Å². The van der Waals surface area contributed by atoms with Crippen molar-refractivity contribution in [1.29, 1.82) is 0 Å². The smallest absolute Gasteiger partial charge is 0.232 e. The number of carbonyl (C=O) groups is 1. The van der Waals surface area contributed by atoms with Crippen LogP contribution in [0.2, 0.25) is 0 Å². The summed E-state index contributed by atoms with van der Waals surface area (Å²) in [7, 11) is 0. The van der Waals surface area contributed by atoms with Gasteiger partial charge in [-0.15, -0.1) is 11.8 Å². The van der Waals surface area contributed by atoms with Gasteiger partial charge in [-0.25, -0.2) is 0 Å². The Labute approximate surface area is 125 Å². The predicted octanol–water partition coefficient (Wildman–Crippen LogP) is 2.60. The molecule has 1 atom stereocenters. The Kier molecular flexibility index (Phi) is 5.11. The molecule has 4 heteroatoms. The number of thioether (sulfide) groups is 1. The highest BCUT2D eigenvalue weighted by molar-refractivity contribution is 7.99. The monoisotopic (exact) mass is 293 g/mol. The first-order valence-electron chi connectivity index (χ1n) is 7.10. The predicted molar refractivity (Wildman–Crippen MR) is 83.8 cm³/mol. The molecule has 0 saturated carbocycles. The number of nitrogens with zero attached hydrogens (tertiary/aromatic N) is 1. The van der Waals surface area contributed by atoms with Crippen LogP contribution in [0.25, 0.3) is 0 Å². The van der Waals surface area contributed by atoms with Gasteiger partial charge in [0, 0.05) is 18.8 Å². The summed E-state index contributed by atoms with van der Waals surface area (Å²) >= 11 is 1.64. The van der Waals surface area contributed by atoms with Crippen LogP contribution >= 0.6 is 11.8 Å². The van der Waals surface area contributed by atoms with Gasteiger partial charge in [-0.3, -0.25) is 4.79 Å². The van der Waals surface area contributed by atoms with Crippen molar-refractivity contribution in [3.63, 3.8) is 0 Å². The minimum atomic E-state index is -0.713. The van der Waals surface area contributed by atoms with Crippen LogP contribution in [0.15, 0.2) is 24.3 Å². The number of benzene rings is 1. The zero-order valence-corrected chi connectivity index (χ0v) is 13.1. The topological polar surface area (TPSA) is 40.5 Å². The van der Waals surface area contributed by atoms with Crippen LogP contribution in [0.5, 0.6) is 0 Å². The van der Waals surface area contributed by atoms with E-state index in [1.54, 1.807) is 16.7 Å². The number of likely N-dealkylation sites (tertiary alicyclic amines) is 1. The summed E-state index contributed by atoms with van der Waals surface area (Å²) in [4.78, 5) is 13.9. The van der Waals surface area contributed by atoms with E-state index in [0.29, 0.717) is 12.3 Å². The van der Waals surface area contributed by atoms with Gasteiger partial charge in [-0.1, -0.05) is 29.8 Å². The minimum Gasteiger partial charge on any atom is -0.388 e. The van der Waals surface area contributed by atoms with Gasteiger partial charge in [0.1, 0.15) is 0 Å². The molecule has 3 nitrogen and oxygen atoms in total. The molecule has 1 aromatic carbocycles. The molecule has 1 amide bonds. The zero-order chi connectivity index (χ0) is 14.6. The Bertz CT molecular complexity index is 456. The van der Waals surface area contributed by atoms with E-state index in [0.717, 1.165) is 25.1 Å². The maximum atomic E-state index is 12.1. The molecule has 0 aromatic heterocycles. The number of rotatable bonds is 4. The van der Waals surface area contributed by atoms with Gasteiger partial charge >= 0.3 is 0 Å². The van der Waals surface area contributed by atoms with Crippen molar-refractivity contribution >= 4 is 17.7 Å². The first-order valence-corrected chi connectivity index (χ1v) is 8.25. The second-order valence-corrected chi connectivity index (χ2v) is 6.88. The van der Waals surface area contributed by atoms with E-state index in [1.807, 2.05) is 6.92 Å². The number of amides is 1. The third kappa shape index (κ3) is 4.53. The van der Waals surface area contributed by atoms with Crippen LogP contribution in [-0.4, -0.2) is 40.4 Å². The standard InChI is InChI=1S/C16H23NO2S/c1-13-4-6-14(7-5-13)10-20-11-15(18)17-9-3-8-16(2,19)12-17/h4-7,19H,3,8-12H2,1-2H3. The average molecular weight is 293 g/mol. The molecule has 1 saturated heterocycles. The normalized spacial score (nSPS) is 22.9. The Morgan fingerprint density at radius 1 is 1.40 bits per heavy atom. The van der Waals surface area contributed by atoms with E-state index in [2.05, 4.69) is 31.2 Å². The number of β-amino-alcohol motifs (C(OH)–C–C–N with tert-alkyl or cyclic N) is 1. The van der Waals surface area contributed by atoms with Crippen LogP contribution in [0.3, 0.4) is 0 Å². The fourth-order valence-electron chi connectivity index (χ4n) is 2.46. The maximum Gasteiger partial charge on any atom is 0.232 e. The van der Waals surface area contributed by atoms with E-state index in [9.17, 15) is 9.90 Å². The maximum absolute atomic E-state index is 12.1. The van der Waals surface area contributed by atoms with E-state index in [-0.39, 0.29) is 5.91 Å². The summed E-state index contributed by atoms with van der Waals surface area (Å²) < 4.78 is 0.